The summed E-state index contributed by atoms with van der Waals surface area (Å²) in [5.74, 6) is 0.848. The van der Waals surface area contributed by atoms with Crippen LogP contribution in [0.2, 0.25) is 0 Å². The zero-order valence-electron chi connectivity index (χ0n) is 19.3. The Balaban J connectivity index is 0.00000341. The van der Waals surface area contributed by atoms with Gasteiger partial charge in [0.05, 0.1) is 23.8 Å². The van der Waals surface area contributed by atoms with Crippen LogP contribution in [-0.4, -0.2) is 60.0 Å². The second kappa shape index (κ2) is 13.3. The fraction of sp³-hybridized carbons (Fsp3) is 0.565. The number of guanidine groups is 1. The lowest BCUT2D eigenvalue weighted by atomic mass is 10.1. The van der Waals surface area contributed by atoms with E-state index in [-0.39, 0.29) is 24.0 Å². The molecule has 0 radical (unpaired) electrons. The van der Waals surface area contributed by atoms with E-state index in [0.29, 0.717) is 6.54 Å². The molecule has 1 aromatic carbocycles. The molecule has 1 aromatic heterocycles. The van der Waals surface area contributed by atoms with Gasteiger partial charge in [-0.25, -0.2) is 9.98 Å². The van der Waals surface area contributed by atoms with E-state index < -0.39 is 0 Å². The highest BCUT2D eigenvalue weighted by molar-refractivity contribution is 14.0. The summed E-state index contributed by atoms with van der Waals surface area (Å²) in [7, 11) is 0. The molecule has 1 fully saturated rings. The van der Waals surface area contributed by atoms with E-state index in [1.165, 1.54) is 29.1 Å². The maximum Gasteiger partial charge on any atom is 0.191 e. The summed E-state index contributed by atoms with van der Waals surface area (Å²) in [6.45, 7) is 17.6. The molecule has 8 heteroatoms. The number of rotatable bonds is 8. The summed E-state index contributed by atoms with van der Waals surface area (Å²) in [5.41, 5.74) is 3.72. The molecule has 6 nitrogen and oxygen atoms in total. The predicted octanol–water partition coefficient (Wildman–Crippen LogP) is 3.77. The molecule has 1 aliphatic heterocycles. The molecule has 0 spiro atoms. The summed E-state index contributed by atoms with van der Waals surface area (Å²) in [4.78, 5) is 15.6. The fourth-order valence-corrected chi connectivity index (χ4v) is 4.56. The van der Waals surface area contributed by atoms with Crippen molar-refractivity contribution in [1.29, 1.82) is 0 Å². The van der Waals surface area contributed by atoms with Crippen LogP contribution in [0.25, 0.3) is 0 Å². The van der Waals surface area contributed by atoms with Crippen molar-refractivity contribution >= 4 is 41.3 Å². The molecule has 0 amide bonds. The van der Waals surface area contributed by atoms with E-state index in [1.54, 1.807) is 11.3 Å². The van der Waals surface area contributed by atoms with Crippen molar-refractivity contribution in [3.8, 4) is 0 Å². The van der Waals surface area contributed by atoms with Crippen LogP contribution in [0.4, 0.5) is 0 Å². The molecule has 172 valence electrons. The number of halogens is 1. The number of thiazole rings is 1. The molecule has 1 aliphatic rings. The summed E-state index contributed by atoms with van der Waals surface area (Å²) in [6.07, 6.45) is 0. The summed E-state index contributed by atoms with van der Waals surface area (Å²) in [5, 5.41) is 7.88. The normalized spacial score (nSPS) is 15.5. The Morgan fingerprint density at radius 3 is 2.23 bits per heavy atom. The van der Waals surface area contributed by atoms with E-state index in [2.05, 4.69) is 77.4 Å². The summed E-state index contributed by atoms with van der Waals surface area (Å²) < 4.78 is 0. The van der Waals surface area contributed by atoms with Crippen LogP contribution in [0.15, 0.2) is 29.3 Å². The van der Waals surface area contributed by atoms with Gasteiger partial charge < -0.3 is 15.5 Å². The number of nitrogens with zero attached hydrogens (tertiary/aromatic N) is 4. The van der Waals surface area contributed by atoms with E-state index in [1.807, 2.05) is 0 Å². The summed E-state index contributed by atoms with van der Waals surface area (Å²) >= 11 is 1.74. The third-order valence-corrected chi connectivity index (χ3v) is 6.59. The molecule has 0 atom stereocenters. The van der Waals surface area contributed by atoms with Gasteiger partial charge >= 0.3 is 0 Å². The summed E-state index contributed by atoms with van der Waals surface area (Å²) in [6, 6.07) is 8.92. The average Bonchev–Trinajstić information content (AvgIpc) is 3.08. The zero-order valence-corrected chi connectivity index (χ0v) is 22.4. The van der Waals surface area contributed by atoms with Crippen molar-refractivity contribution in [3.05, 3.63) is 51.0 Å². The Bertz CT molecular complexity index is 812. The molecule has 31 heavy (non-hydrogen) atoms. The number of hydrogen-bond acceptors (Lipinski definition) is 5. The Morgan fingerprint density at radius 1 is 1.00 bits per heavy atom. The van der Waals surface area contributed by atoms with Crippen LogP contribution in [0.5, 0.6) is 0 Å². The third kappa shape index (κ3) is 8.32. The molecule has 0 saturated carbocycles. The number of benzene rings is 1. The minimum absolute atomic E-state index is 0. The van der Waals surface area contributed by atoms with E-state index in [9.17, 15) is 0 Å². The Labute approximate surface area is 208 Å². The highest BCUT2D eigenvalue weighted by Crippen LogP contribution is 2.16. The van der Waals surface area contributed by atoms with Crippen LogP contribution in [-0.2, 0) is 19.6 Å². The fourth-order valence-electron chi connectivity index (χ4n) is 3.69. The van der Waals surface area contributed by atoms with Gasteiger partial charge in [0.15, 0.2) is 5.96 Å². The highest BCUT2D eigenvalue weighted by Gasteiger charge is 2.15. The van der Waals surface area contributed by atoms with Crippen LogP contribution in [0, 0.1) is 13.8 Å². The Kier molecular flexibility index (Phi) is 11.2. The second-order valence-electron chi connectivity index (χ2n) is 7.82. The molecule has 2 N–H and O–H groups in total. The molecule has 0 bridgehead atoms. The van der Waals surface area contributed by atoms with Crippen molar-refractivity contribution in [2.24, 2.45) is 4.99 Å². The smallest absolute Gasteiger partial charge is 0.191 e. The minimum atomic E-state index is 0. The van der Waals surface area contributed by atoms with Gasteiger partial charge in [0, 0.05) is 44.1 Å². The SMILES string of the molecule is CCNC(=NCc1ccc(CN2CCN(CC)CC2)cc1)NCc1sc(C)nc1C.I. The molecule has 0 unspecified atom stereocenters. The van der Waals surface area contributed by atoms with Gasteiger partial charge in [-0.1, -0.05) is 31.2 Å². The number of aryl methyl sites for hydroxylation is 2. The first-order chi connectivity index (χ1) is 14.6. The van der Waals surface area contributed by atoms with Crippen molar-refractivity contribution in [2.75, 3.05) is 39.3 Å². The van der Waals surface area contributed by atoms with Crippen molar-refractivity contribution in [3.63, 3.8) is 0 Å². The first-order valence-corrected chi connectivity index (χ1v) is 11.9. The minimum Gasteiger partial charge on any atom is -0.357 e. The quantitative estimate of drug-likeness (QED) is 0.295. The van der Waals surface area contributed by atoms with Crippen molar-refractivity contribution in [1.82, 2.24) is 25.4 Å². The number of aromatic nitrogens is 1. The van der Waals surface area contributed by atoms with Crippen molar-refractivity contribution in [2.45, 2.75) is 47.3 Å². The molecule has 0 aliphatic carbocycles. The van der Waals surface area contributed by atoms with Gasteiger partial charge in [-0.05, 0) is 38.4 Å². The molecular formula is C23H37IN6S. The lowest BCUT2D eigenvalue weighted by molar-refractivity contribution is 0.132. The van der Waals surface area contributed by atoms with Crippen LogP contribution >= 0.6 is 35.3 Å². The number of aliphatic imine (C=N–C) groups is 1. The van der Waals surface area contributed by atoms with Crippen molar-refractivity contribution < 1.29 is 0 Å². The molecular weight excluding hydrogens is 519 g/mol. The molecule has 2 heterocycles. The van der Waals surface area contributed by atoms with Gasteiger partial charge in [0.2, 0.25) is 0 Å². The largest absolute Gasteiger partial charge is 0.357 e. The Morgan fingerprint density at radius 2 is 1.65 bits per heavy atom. The Hall–Kier alpha value is -1.23. The van der Waals surface area contributed by atoms with Gasteiger partial charge in [-0.3, -0.25) is 4.90 Å². The van der Waals surface area contributed by atoms with Gasteiger partial charge in [0.25, 0.3) is 0 Å². The van der Waals surface area contributed by atoms with Crippen LogP contribution in [0.1, 0.15) is 40.6 Å². The molecule has 2 aromatic rings. The number of hydrogen-bond donors (Lipinski definition) is 2. The number of nitrogens with one attached hydrogen (secondary N) is 2. The number of piperazine rings is 1. The van der Waals surface area contributed by atoms with E-state index >= 15 is 0 Å². The lowest BCUT2D eigenvalue weighted by Gasteiger charge is -2.34. The lowest BCUT2D eigenvalue weighted by Crippen LogP contribution is -2.45. The maximum absolute atomic E-state index is 4.76. The third-order valence-electron chi connectivity index (χ3n) is 5.52. The van der Waals surface area contributed by atoms with Gasteiger partial charge in [-0.15, -0.1) is 35.3 Å². The first-order valence-electron chi connectivity index (χ1n) is 11.0. The first kappa shape index (κ1) is 26.0. The topological polar surface area (TPSA) is 55.8 Å². The van der Waals surface area contributed by atoms with Crippen LogP contribution in [0.3, 0.4) is 0 Å². The van der Waals surface area contributed by atoms with Gasteiger partial charge in [-0.2, -0.15) is 0 Å². The maximum atomic E-state index is 4.76. The number of likely N-dealkylation sites (N-methyl/N-ethyl adjacent to an activating group) is 1. The van der Waals surface area contributed by atoms with Crippen LogP contribution < -0.4 is 10.6 Å². The molecule has 3 rings (SSSR count). The van der Waals surface area contributed by atoms with E-state index in [4.69, 9.17) is 4.99 Å². The zero-order chi connectivity index (χ0) is 21.3. The standard InChI is InChI=1S/C23H36N6S.HI/c1-5-24-23(26-16-22-18(3)27-19(4)30-22)25-15-20-7-9-21(10-8-20)17-29-13-11-28(6-2)12-14-29;/h7-10H,5-6,11-17H2,1-4H3,(H2,24,25,26);1H. The second-order valence-corrected chi connectivity index (χ2v) is 9.10. The highest BCUT2D eigenvalue weighted by atomic mass is 127. The van der Waals surface area contributed by atoms with E-state index in [0.717, 1.165) is 55.9 Å². The average molecular weight is 557 g/mol. The monoisotopic (exact) mass is 556 g/mol. The predicted molar refractivity (Wildman–Crippen MR) is 142 cm³/mol. The molecule has 1 saturated heterocycles. The van der Waals surface area contributed by atoms with Gasteiger partial charge in [0.1, 0.15) is 0 Å².